The number of nitrogens with zero attached hydrogens (tertiary/aromatic N) is 4. The number of nitrogens with two attached hydrogens (primary N) is 1. The Bertz CT molecular complexity index is 2090. The van der Waals surface area contributed by atoms with Gasteiger partial charge in [0.1, 0.15) is 35.0 Å². The minimum absolute atomic E-state index is 0.153. The number of nitrogens with one attached hydrogen (secondary N) is 3. The van der Waals surface area contributed by atoms with Crippen molar-refractivity contribution in [1.29, 1.82) is 0 Å². The molecule has 0 spiro atoms. The van der Waals surface area contributed by atoms with E-state index in [1.165, 1.54) is 14.2 Å². The molecule has 4 amide bonds. The van der Waals surface area contributed by atoms with Crippen molar-refractivity contribution in [2.75, 3.05) is 27.3 Å². The van der Waals surface area contributed by atoms with Crippen molar-refractivity contribution in [3.05, 3.63) is 96.1 Å². The first kappa shape index (κ1) is 41.6. The highest BCUT2D eigenvalue weighted by atomic mass is 16.5. The first-order valence-corrected chi connectivity index (χ1v) is 18.9. The van der Waals surface area contributed by atoms with E-state index in [1.807, 2.05) is 50.2 Å². The van der Waals surface area contributed by atoms with Crippen LogP contribution >= 0.6 is 0 Å². The van der Waals surface area contributed by atoms with Crippen LogP contribution in [0.5, 0.6) is 0 Å². The second-order valence-electron chi connectivity index (χ2n) is 14.4. The number of carbonyl (C=O) groups is 4. The van der Waals surface area contributed by atoms with Crippen molar-refractivity contribution < 1.29 is 28.7 Å². The maximum atomic E-state index is 14.1. The second-order valence-corrected chi connectivity index (χ2v) is 14.4. The van der Waals surface area contributed by atoms with Crippen LogP contribution in [0.3, 0.4) is 0 Å². The van der Waals surface area contributed by atoms with E-state index in [0.717, 1.165) is 12.0 Å². The van der Waals surface area contributed by atoms with Crippen LogP contribution in [-0.2, 0) is 19.1 Å². The van der Waals surface area contributed by atoms with E-state index >= 15 is 0 Å². The van der Waals surface area contributed by atoms with Crippen LogP contribution in [0.1, 0.15) is 81.2 Å². The van der Waals surface area contributed by atoms with Gasteiger partial charge in [0.2, 0.25) is 5.91 Å². The monoisotopic (exact) mass is 774 g/mol. The zero-order valence-corrected chi connectivity index (χ0v) is 33.0. The molecule has 5 rings (SSSR count). The van der Waals surface area contributed by atoms with Crippen LogP contribution in [0.15, 0.2) is 78.4 Å². The molecule has 2 aromatic carbocycles. The molecule has 57 heavy (non-hydrogen) atoms. The van der Waals surface area contributed by atoms with Gasteiger partial charge in [-0.25, -0.2) is 19.6 Å². The van der Waals surface area contributed by atoms with E-state index < -0.39 is 35.9 Å². The molecular formula is C43H50N8O6. The summed E-state index contributed by atoms with van der Waals surface area (Å²) in [5.41, 5.74) is 8.02. The van der Waals surface area contributed by atoms with Crippen molar-refractivity contribution in [1.82, 2.24) is 30.4 Å². The SMILES string of the molecule is C=C(c1ccccc1)C(C)(C#CC#Cc1cnc([C@@H]2CCCN2C(=O)[C@@H](NC(=O)OC)C(C)C)[nH]1)/N=C(\N)[C@@H]1CCCN1C(=O)[C@H](NC(=O)OC)c1ccccc1. The van der Waals surface area contributed by atoms with E-state index in [2.05, 4.69) is 50.9 Å². The first-order valence-electron chi connectivity index (χ1n) is 18.9. The molecule has 5 N–H and O–H groups in total. The van der Waals surface area contributed by atoms with E-state index in [-0.39, 0.29) is 29.6 Å². The number of hydrogen-bond donors (Lipinski definition) is 4. The fraction of sp³-hybridized carbons (Fsp3) is 0.395. The lowest BCUT2D eigenvalue weighted by Gasteiger charge is -2.30. The summed E-state index contributed by atoms with van der Waals surface area (Å²) in [5, 5.41) is 5.33. The number of ether oxygens (including phenoxy) is 2. The Morgan fingerprint density at radius 3 is 2.23 bits per heavy atom. The number of alkyl carbamates (subject to hydrolysis) is 2. The molecule has 3 heterocycles. The van der Waals surface area contributed by atoms with Crippen molar-refractivity contribution in [2.24, 2.45) is 16.6 Å². The highest BCUT2D eigenvalue weighted by molar-refractivity contribution is 5.95. The van der Waals surface area contributed by atoms with Crippen LogP contribution < -0.4 is 16.4 Å². The number of benzene rings is 2. The van der Waals surface area contributed by atoms with Gasteiger partial charge in [0.25, 0.3) is 5.91 Å². The van der Waals surface area contributed by atoms with E-state index in [9.17, 15) is 19.2 Å². The summed E-state index contributed by atoms with van der Waals surface area (Å²) in [5.74, 6) is 12.1. The lowest BCUT2D eigenvalue weighted by atomic mass is 9.88. The third kappa shape index (κ3) is 10.0. The van der Waals surface area contributed by atoms with Gasteiger partial charge in [0, 0.05) is 13.1 Å². The number of likely N-dealkylation sites (tertiary alicyclic amines) is 2. The van der Waals surface area contributed by atoms with Gasteiger partial charge in [-0.15, -0.1) is 0 Å². The van der Waals surface area contributed by atoms with Crippen LogP contribution in [0.25, 0.3) is 5.57 Å². The average molecular weight is 775 g/mol. The number of amides is 4. The Morgan fingerprint density at radius 2 is 1.56 bits per heavy atom. The van der Waals surface area contributed by atoms with Gasteiger partial charge in [0.05, 0.1) is 32.5 Å². The highest BCUT2D eigenvalue weighted by Gasteiger charge is 2.39. The normalized spacial score (nSPS) is 18.5. The quantitative estimate of drug-likeness (QED) is 0.123. The molecule has 2 aliphatic heterocycles. The van der Waals surface area contributed by atoms with Gasteiger partial charge in [-0.2, -0.15) is 0 Å². The predicted octanol–water partition coefficient (Wildman–Crippen LogP) is 4.73. The minimum atomic E-state index is -1.24. The van der Waals surface area contributed by atoms with Gasteiger partial charge in [-0.05, 0) is 73.0 Å². The summed E-state index contributed by atoms with van der Waals surface area (Å²) in [6, 6.07) is 15.8. The Hall–Kier alpha value is -6.54. The molecule has 14 nitrogen and oxygen atoms in total. The molecule has 14 heteroatoms. The molecule has 2 aliphatic rings. The predicted molar refractivity (Wildman–Crippen MR) is 216 cm³/mol. The minimum Gasteiger partial charge on any atom is -0.453 e. The molecule has 2 saturated heterocycles. The number of aromatic amines is 1. The molecule has 298 valence electrons. The van der Waals surface area contributed by atoms with E-state index in [4.69, 9.17) is 20.2 Å². The molecule has 1 unspecified atom stereocenters. The Balaban J connectivity index is 1.39. The molecule has 0 radical (unpaired) electrons. The maximum absolute atomic E-state index is 14.1. The van der Waals surface area contributed by atoms with Crippen LogP contribution in [-0.4, -0.2) is 94.5 Å². The van der Waals surface area contributed by atoms with Gasteiger partial charge < -0.3 is 40.6 Å². The molecule has 0 saturated carbocycles. The summed E-state index contributed by atoms with van der Waals surface area (Å²) < 4.78 is 9.56. The summed E-state index contributed by atoms with van der Waals surface area (Å²) >= 11 is 0. The number of aromatic nitrogens is 2. The van der Waals surface area contributed by atoms with Crippen LogP contribution in [0.2, 0.25) is 0 Å². The number of hydrogen-bond acceptors (Lipinski definition) is 8. The standard InChI is InChI=1S/C43H50N8O6/c1-28(2)35(47-41(54)56-5)39(52)51-26-16-23-34(51)38-45-27-32(46-38)21-13-14-24-43(4,29(3)30-17-9-7-10-18-30)49-37(44)33-22-15-25-50(33)40(53)36(48-42(55)57-6)31-19-11-8-12-20-31/h7-12,17-20,27-28,33-36H,3,15-16,22-23,25-26H2,1-2,4-6H3,(H2,44,49)(H,45,46)(H,47,54)(H,48,55)/t33-,34-,35-,36+,43?/m0/s1. The fourth-order valence-electron chi connectivity index (χ4n) is 7.05. The number of aliphatic imine (C=N–C) groups is 1. The number of carbonyl (C=O) groups excluding carboxylic acids is 4. The highest BCUT2D eigenvalue weighted by Crippen LogP contribution is 2.33. The molecule has 1 aromatic heterocycles. The summed E-state index contributed by atoms with van der Waals surface area (Å²) in [6.07, 6.45) is 2.93. The topological polar surface area (TPSA) is 184 Å². The van der Waals surface area contributed by atoms with Gasteiger partial charge in [-0.3, -0.25) is 9.59 Å². The fourth-order valence-corrected chi connectivity index (χ4v) is 7.05. The van der Waals surface area contributed by atoms with Crippen LogP contribution in [0.4, 0.5) is 9.59 Å². The molecular weight excluding hydrogens is 725 g/mol. The molecule has 0 bridgehead atoms. The number of imidazole rings is 1. The van der Waals surface area contributed by atoms with E-state index in [1.54, 1.807) is 47.2 Å². The largest absolute Gasteiger partial charge is 0.453 e. The van der Waals surface area contributed by atoms with Crippen LogP contribution in [0, 0.1) is 29.6 Å². The van der Waals surface area contributed by atoms with Crippen molar-refractivity contribution in [2.45, 2.75) is 76.2 Å². The zero-order valence-electron chi connectivity index (χ0n) is 33.0. The van der Waals surface area contributed by atoms with E-state index in [0.29, 0.717) is 55.0 Å². The summed E-state index contributed by atoms with van der Waals surface area (Å²) in [7, 11) is 2.51. The maximum Gasteiger partial charge on any atom is 0.407 e. The smallest absolute Gasteiger partial charge is 0.407 e. The number of rotatable bonds is 11. The van der Waals surface area contributed by atoms with Crippen molar-refractivity contribution in [3.63, 3.8) is 0 Å². The number of amidine groups is 1. The Morgan fingerprint density at radius 1 is 0.930 bits per heavy atom. The lowest BCUT2D eigenvalue weighted by molar-refractivity contribution is -0.135. The summed E-state index contributed by atoms with van der Waals surface area (Å²) in [6.45, 7) is 10.8. The Labute approximate surface area is 333 Å². The lowest BCUT2D eigenvalue weighted by Crippen LogP contribution is -2.51. The molecule has 2 fully saturated rings. The average Bonchev–Trinajstić information content (AvgIpc) is 4.02. The van der Waals surface area contributed by atoms with Gasteiger partial charge in [0.15, 0.2) is 0 Å². The second kappa shape index (κ2) is 18.9. The van der Waals surface area contributed by atoms with Gasteiger partial charge >= 0.3 is 12.2 Å². The number of methoxy groups -OCH3 is 2. The third-order valence-corrected chi connectivity index (χ3v) is 10.2. The molecule has 5 atom stereocenters. The van der Waals surface area contributed by atoms with Crippen molar-refractivity contribution in [3.8, 4) is 23.7 Å². The first-order chi connectivity index (χ1) is 27.4. The summed E-state index contributed by atoms with van der Waals surface area (Å²) in [4.78, 5) is 67.9. The molecule has 0 aliphatic carbocycles. The zero-order chi connectivity index (χ0) is 41.1. The third-order valence-electron chi connectivity index (χ3n) is 10.2. The molecule has 3 aromatic rings. The van der Waals surface area contributed by atoms with Gasteiger partial charge in [-0.1, -0.05) is 87.0 Å². The number of H-pyrrole nitrogens is 1. The van der Waals surface area contributed by atoms with Crippen molar-refractivity contribution >= 4 is 35.4 Å². The Kier molecular flexibility index (Phi) is 13.8.